The van der Waals surface area contributed by atoms with Crippen LogP contribution in [0.25, 0.3) is 0 Å². The number of thiazole rings is 1. The highest BCUT2D eigenvalue weighted by Gasteiger charge is 2.41. The number of rotatable bonds is 4. The maximum atomic E-state index is 12.8. The van der Waals surface area contributed by atoms with Crippen molar-refractivity contribution in [2.24, 2.45) is 5.92 Å². The Morgan fingerprint density at radius 1 is 1.36 bits per heavy atom. The number of hydrogen-bond acceptors (Lipinski definition) is 5. The van der Waals surface area contributed by atoms with Crippen LogP contribution in [0, 0.1) is 12.8 Å². The zero-order valence-electron chi connectivity index (χ0n) is 14.2. The molecule has 0 aliphatic carbocycles. The van der Waals surface area contributed by atoms with E-state index in [9.17, 15) is 9.59 Å². The minimum Gasteiger partial charge on any atom is -0.338 e. The second kappa shape index (κ2) is 6.59. The molecule has 2 aromatic rings. The zero-order valence-corrected chi connectivity index (χ0v) is 15.0. The van der Waals surface area contributed by atoms with E-state index in [1.165, 1.54) is 0 Å². The molecular formula is C17H21N5O2S. The first kappa shape index (κ1) is 16.3. The van der Waals surface area contributed by atoms with E-state index in [2.05, 4.69) is 10.1 Å². The lowest BCUT2D eigenvalue weighted by Gasteiger charge is -2.35. The van der Waals surface area contributed by atoms with Crippen molar-refractivity contribution in [3.63, 3.8) is 0 Å². The van der Waals surface area contributed by atoms with E-state index in [4.69, 9.17) is 0 Å². The van der Waals surface area contributed by atoms with Crippen molar-refractivity contribution >= 4 is 23.2 Å². The standard InChI is InChI=1S/C17H21N5O2S/c1-12-4-5-19-22(12)9-16(23)20-6-13-2-3-15(8-20)21(17(13)24)7-14-10-25-11-18-14/h4-5,10-11,13,15H,2-3,6-9H2,1H3/t13-,15+/m1/s1. The summed E-state index contributed by atoms with van der Waals surface area (Å²) in [6, 6.07) is 1.97. The molecule has 8 heteroatoms. The average molecular weight is 359 g/mol. The first-order chi connectivity index (χ1) is 12.1. The van der Waals surface area contributed by atoms with E-state index < -0.39 is 0 Å². The van der Waals surface area contributed by atoms with Crippen molar-refractivity contribution in [3.8, 4) is 0 Å². The topological polar surface area (TPSA) is 71.3 Å². The molecule has 3 fully saturated rings. The quantitative estimate of drug-likeness (QED) is 0.825. The van der Waals surface area contributed by atoms with Crippen LogP contribution >= 0.6 is 11.3 Å². The molecule has 5 rings (SSSR count). The fraction of sp³-hybridized carbons (Fsp3) is 0.529. The minimum absolute atomic E-state index is 0.0343. The number of hydrogen-bond donors (Lipinski definition) is 0. The van der Waals surface area contributed by atoms with Gasteiger partial charge in [-0.3, -0.25) is 14.3 Å². The molecule has 0 saturated carbocycles. The van der Waals surface area contributed by atoms with E-state index in [-0.39, 0.29) is 30.3 Å². The Labute approximate surface area is 150 Å². The van der Waals surface area contributed by atoms with Crippen molar-refractivity contribution in [1.82, 2.24) is 24.6 Å². The van der Waals surface area contributed by atoms with E-state index >= 15 is 0 Å². The molecular weight excluding hydrogens is 338 g/mol. The van der Waals surface area contributed by atoms with Crippen molar-refractivity contribution in [3.05, 3.63) is 34.5 Å². The molecule has 2 bridgehead atoms. The third kappa shape index (κ3) is 3.18. The zero-order chi connectivity index (χ0) is 17.4. The second-order valence-electron chi connectivity index (χ2n) is 6.80. The number of aryl methyl sites for hydroxylation is 1. The van der Waals surface area contributed by atoms with Crippen LogP contribution in [0.5, 0.6) is 0 Å². The van der Waals surface area contributed by atoms with Gasteiger partial charge in [-0.2, -0.15) is 5.10 Å². The predicted octanol–water partition coefficient (Wildman–Crippen LogP) is 1.30. The number of nitrogens with zero attached hydrogens (tertiary/aromatic N) is 5. The highest BCUT2D eigenvalue weighted by atomic mass is 32.1. The highest BCUT2D eigenvalue weighted by molar-refractivity contribution is 7.07. The molecule has 0 unspecified atom stereocenters. The molecule has 0 spiro atoms. The van der Waals surface area contributed by atoms with Gasteiger partial charge in [-0.25, -0.2) is 4.98 Å². The Hall–Kier alpha value is -2.22. The molecule has 25 heavy (non-hydrogen) atoms. The van der Waals surface area contributed by atoms with Gasteiger partial charge in [-0.1, -0.05) is 0 Å². The average Bonchev–Trinajstić information content (AvgIpc) is 3.16. The van der Waals surface area contributed by atoms with Gasteiger partial charge >= 0.3 is 0 Å². The molecule has 2 amide bonds. The molecule has 0 aromatic carbocycles. The summed E-state index contributed by atoms with van der Waals surface area (Å²) in [5, 5.41) is 6.17. The summed E-state index contributed by atoms with van der Waals surface area (Å²) in [5.41, 5.74) is 3.68. The molecule has 132 valence electrons. The Kier molecular flexibility index (Phi) is 4.29. The number of fused-ring (bicyclic) bond motifs is 4. The van der Waals surface area contributed by atoms with Crippen LogP contribution < -0.4 is 0 Å². The van der Waals surface area contributed by atoms with Gasteiger partial charge in [0.25, 0.3) is 0 Å². The van der Waals surface area contributed by atoms with Crippen LogP contribution in [0.4, 0.5) is 0 Å². The molecule has 7 nitrogen and oxygen atoms in total. The van der Waals surface area contributed by atoms with Gasteiger partial charge in [0, 0.05) is 36.4 Å². The van der Waals surface area contributed by atoms with E-state index in [1.807, 2.05) is 28.2 Å². The summed E-state index contributed by atoms with van der Waals surface area (Å²) in [4.78, 5) is 33.6. The van der Waals surface area contributed by atoms with Crippen LogP contribution in [0.3, 0.4) is 0 Å². The fourth-order valence-corrected chi connectivity index (χ4v) is 4.28. The summed E-state index contributed by atoms with van der Waals surface area (Å²) >= 11 is 1.54. The van der Waals surface area contributed by atoms with Crippen LogP contribution in [-0.2, 0) is 22.7 Å². The number of amides is 2. The van der Waals surface area contributed by atoms with Gasteiger partial charge in [0.2, 0.25) is 11.8 Å². The summed E-state index contributed by atoms with van der Waals surface area (Å²) in [6.45, 7) is 3.83. The van der Waals surface area contributed by atoms with Gasteiger partial charge in [0.05, 0.1) is 23.7 Å². The van der Waals surface area contributed by atoms with E-state index in [0.717, 1.165) is 24.2 Å². The van der Waals surface area contributed by atoms with Crippen LogP contribution in [0.2, 0.25) is 0 Å². The lowest BCUT2D eigenvalue weighted by Crippen LogP contribution is -2.47. The van der Waals surface area contributed by atoms with Gasteiger partial charge < -0.3 is 9.80 Å². The molecule has 2 atom stereocenters. The third-order valence-electron chi connectivity index (χ3n) is 5.18. The summed E-state index contributed by atoms with van der Waals surface area (Å²) in [5.74, 6) is 0.0990. The maximum Gasteiger partial charge on any atom is 0.244 e. The Morgan fingerprint density at radius 3 is 2.96 bits per heavy atom. The Bertz CT molecular complexity index is 772. The molecule has 3 saturated heterocycles. The van der Waals surface area contributed by atoms with E-state index in [0.29, 0.717) is 19.6 Å². The summed E-state index contributed by atoms with van der Waals surface area (Å²) in [7, 11) is 0. The summed E-state index contributed by atoms with van der Waals surface area (Å²) < 4.78 is 1.71. The van der Waals surface area contributed by atoms with Gasteiger partial charge in [-0.15, -0.1) is 11.3 Å². The fourth-order valence-electron chi connectivity index (χ4n) is 3.73. The third-order valence-corrected chi connectivity index (χ3v) is 5.81. The molecule has 3 aliphatic heterocycles. The predicted molar refractivity (Wildman–Crippen MR) is 92.7 cm³/mol. The highest BCUT2D eigenvalue weighted by Crippen LogP contribution is 2.30. The molecule has 0 radical (unpaired) electrons. The smallest absolute Gasteiger partial charge is 0.244 e. The van der Waals surface area contributed by atoms with Crippen molar-refractivity contribution in [2.75, 3.05) is 13.1 Å². The lowest BCUT2D eigenvalue weighted by molar-refractivity contribution is -0.140. The normalized spacial score (nSPS) is 23.2. The molecule has 2 aromatic heterocycles. The first-order valence-corrected chi connectivity index (χ1v) is 9.50. The first-order valence-electron chi connectivity index (χ1n) is 8.55. The van der Waals surface area contributed by atoms with Crippen molar-refractivity contribution in [2.45, 2.75) is 38.9 Å². The lowest BCUT2D eigenvalue weighted by atomic mass is 9.94. The van der Waals surface area contributed by atoms with Crippen LogP contribution in [-0.4, -0.2) is 55.5 Å². The molecule has 0 N–H and O–H groups in total. The van der Waals surface area contributed by atoms with Crippen LogP contribution in [0.1, 0.15) is 24.2 Å². The number of carbonyl (C=O) groups is 2. The van der Waals surface area contributed by atoms with Crippen molar-refractivity contribution in [1.29, 1.82) is 0 Å². The van der Waals surface area contributed by atoms with E-state index in [1.54, 1.807) is 27.7 Å². The minimum atomic E-state index is -0.0972. The van der Waals surface area contributed by atoms with Crippen molar-refractivity contribution < 1.29 is 9.59 Å². The molecule has 5 heterocycles. The Morgan fingerprint density at radius 2 is 2.24 bits per heavy atom. The number of piperidine rings is 1. The SMILES string of the molecule is Cc1ccnn1CC(=O)N1C[C@H]2CC[C@@H](C1)N(Cc1cscn1)C2=O. The summed E-state index contributed by atoms with van der Waals surface area (Å²) in [6.07, 6.45) is 3.51. The van der Waals surface area contributed by atoms with Crippen LogP contribution in [0.15, 0.2) is 23.2 Å². The number of carbonyl (C=O) groups excluding carboxylic acids is 2. The second-order valence-corrected chi connectivity index (χ2v) is 7.52. The monoisotopic (exact) mass is 359 g/mol. The largest absolute Gasteiger partial charge is 0.338 e. The van der Waals surface area contributed by atoms with Gasteiger partial charge in [0.1, 0.15) is 6.54 Å². The van der Waals surface area contributed by atoms with Gasteiger partial charge in [0.15, 0.2) is 0 Å². The number of aromatic nitrogens is 3. The molecule has 3 aliphatic rings. The Balaban J connectivity index is 1.49. The maximum absolute atomic E-state index is 12.8. The van der Waals surface area contributed by atoms with Gasteiger partial charge in [-0.05, 0) is 25.8 Å².